The van der Waals surface area contributed by atoms with Crippen molar-refractivity contribution in [2.45, 2.75) is 6.18 Å². The molecule has 0 unspecified atom stereocenters. The minimum atomic E-state index is -4.33. The van der Waals surface area contributed by atoms with Gasteiger partial charge in [-0.2, -0.15) is 13.2 Å². The van der Waals surface area contributed by atoms with Gasteiger partial charge in [0.05, 0.1) is 11.8 Å². The van der Waals surface area contributed by atoms with E-state index < -0.39 is 11.7 Å². The van der Waals surface area contributed by atoms with Gasteiger partial charge in [0, 0.05) is 11.6 Å². The summed E-state index contributed by atoms with van der Waals surface area (Å²) in [5, 5.41) is 0. The van der Waals surface area contributed by atoms with Gasteiger partial charge in [0.25, 0.3) is 0 Å². The number of furan rings is 1. The van der Waals surface area contributed by atoms with Gasteiger partial charge in [-0.3, -0.25) is 0 Å². The van der Waals surface area contributed by atoms with Crippen LogP contribution in [0.5, 0.6) is 0 Å². The molecule has 0 bridgehead atoms. The van der Waals surface area contributed by atoms with Crippen molar-refractivity contribution in [3.63, 3.8) is 0 Å². The van der Waals surface area contributed by atoms with Crippen LogP contribution in [0.1, 0.15) is 5.56 Å². The van der Waals surface area contributed by atoms with E-state index in [9.17, 15) is 13.2 Å². The first kappa shape index (κ1) is 9.83. The minimum Gasteiger partial charge on any atom is -0.464 e. The second kappa shape index (κ2) is 3.46. The van der Waals surface area contributed by atoms with Crippen molar-refractivity contribution in [1.29, 1.82) is 0 Å². The Morgan fingerprint density at radius 1 is 1.20 bits per heavy atom. The van der Waals surface area contributed by atoms with Crippen LogP contribution in [0, 0.1) is 6.07 Å². The van der Waals surface area contributed by atoms with Crippen molar-refractivity contribution < 1.29 is 17.6 Å². The molecule has 0 spiro atoms. The van der Waals surface area contributed by atoms with Gasteiger partial charge >= 0.3 is 6.18 Å². The van der Waals surface area contributed by atoms with Gasteiger partial charge in [0.15, 0.2) is 0 Å². The summed E-state index contributed by atoms with van der Waals surface area (Å²) in [7, 11) is 0. The Bertz CT molecular complexity index is 443. The molecule has 0 N–H and O–H groups in total. The third-order valence-electron chi connectivity index (χ3n) is 1.92. The van der Waals surface area contributed by atoms with Gasteiger partial charge in [-0.1, -0.05) is 12.1 Å². The molecule has 0 saturated heterocycles. The average molecular weight is 211 g/mol. The summed E-state index contributed by atoms with van der Waals surface area (Å²) < 4.78 is 42.1. The maximum absolute atomic E-state index is 12.4. The summed E-state index contributed by atoms with van der Waals surface area (Å²) in [6, 6.07) is 9.15. The van der Waals surface area contributed by atoms with Gasteiger partial charge in [-0.05, 0) is 18.2 Å². The van der Waals surface area contributed by atoms with E-state index in [0.29, 0.717) is 11.3 Å². The molecule has 1 nitrogen and oxygen atoms in total. The Hall–Kier alpha value is -1.71. The molecule has 4 heteroatoms. The van der Waals surface area contributed by atoms with Crippen LogP contribution in [0.25, 0.3) is 11.3 Å². The molecule has 0 fully saturated rings. The number of hydrogen-bond donors (Lipinski definition) is 0. The van der Waals surface area contributed by atoms with E-state index in [1.807, 2.05) is 0 Å². The summed E-state index contributed by atoms with van der Waals surface area (Å²) in [6.07, 6.45) is -2.96. The largest absolute Gasteiger partial charge is 0.464 e. The lowest BCUT2D eigenvalue weighted by molar-refractivity contribution is -0.137. The highest BCUT2D eigenvalue weighted by Gasteiger charge is 2.30. The molecule has 0 aliphatic rings. The molecule has 1 aromatic heterocycles. The topological polar surface area (TPSA) is 13.1 Å². The quantitative estimate of drug-likeness (QED) is 0.699. The van der Waals surface area contributed by atoms with Crippen molar-refractivity contribution in [1.82, 2.24) is 0 Å². The van der Waals surface area contributed by atoms with Crippen LogP contribution in [0.4, 0.5) is 13.2 Å². The Morgan fingerprint density at radius 3 is 2.60 bits per heavy atom. The van der Waals surface area contributed by atoms with Crippen molar-refractivity contribution in [3.8, 4) is 11.3 Å². The predicted octanol–water partition coefficient (Wildman–Crippen LogP) is 3.77. The molecule has 2 rings (SSSR count). The Labute approximate surface area is 84.1 Å². The van der Waals surface area contributed by atoms with Gasteiger partial charge < -0.3 is 4.42 Å². The smallest absolute Gasteiger partial charge is 0.416 e. The molecule has 1 aromatic carbocycles. The lowest BCUT2D eigenvalue weighted by Gasteiger charge is -2.07. The van der Waals surface area contributed by atoms with E-state index >= 15 is 0 Å². The number of rotatable bonds is 1. The Kier molecular flexibility index (Phi) is 2.26. The van der Waals surface area contributed by atoms with E-state index in [1.54, 1.807) is 6.07 Å². The lowest BCUT2D eigenvalue weighted by Crippen LogP contribution is -2.04. The molecule has 1 heterocycles. The highest BCUT2D eigenvalue weighted by molar-refractivity contribution is 5.57. The van der Waals surface area contributed by atoms with Crippen LogP contribution in [0.2, 0.25) is 0 Å². The molecule has 0 aliphatic carbocycles. The molecule has 0 atom stereocenters. The van der Waals surface area contributed by atoms with Crippen LogP contribution >= 0.6 is 0 Å². The van der Waals surface area contributed by atoms with Crippen molar-refractivity contribution >= 4 is 0 Å². The van der Waals surface area contributed by atoms with E-state index in [0.717, 1.165) is 12.1 Å². The summed E-state index contributed by atoms with van der Waals surface area (Å²) in [5.74, 6) is 0.307. The van der Waals surface area contributed by atoms with E-state index in [4.69, 9.17) is 4.42 Å². The first-order chi connectivity index (χ1) is 7.07. The fourth-order valence-corrected chi connectivity index (χ4v) is 1.23. The lowest BCUT2D eigenvalue weighted by atomic mass is 10.1. The van der Waals surface area contributed by atoms with Crippen molar-refractivity contribution in [2.24, 2.45) is 0 Å². The molecule has 0 amide bonds. The highest BCUT2D eigenvalue weighted by Crippen LogP contribution is 2.31. The second-order valence-corrected chi connectivity index (χ2v) is 2.97. The standard InChI is InChI=1S/C11H6F3O/c12-11(13,14)9-4-1-3-8(7-9)10-5-2-6-15-10/h1-4,6-7H. The minimum absolute atomic E-state index is 0.307. The Morgan fingerprint density at radius 2 is 2.00 bits per heavy atom. The summed E-state index contributed by atoms with van der Waals surface area (Å²) in [4.78, 5) is 0. The summed E-state index contributed by atoms with van der Waals surface area (Å²) >= 11 is 0. The summed E-state index contributed by atoms with van der Waals surface area (Å²) in [6.45, 7) is 0. The fraction of sp³-hybridized carbons (Fsp3) is 0.0909. The summed E-state index contributed by atoms with van der Waals surface area (Å²) in [5.41, 5.74) is -0.320. The van der Waals surface area contributed by atoms with Crippen LogP contribution in [-0.4, -0.2) is 0 Å². The Balaban J connectivity index is 2.44. The number of benzene rings is 1. The maximum Gasteiger partial charge on any atom is 0.416 e. The van der Waals surface area contributed by atoms with Crippen molar-refractivity contribution in [2.75, 3.05) is 0 Å². The zero-order valence-electron chi connectivity index (χ0n) is 7.51. The monoisotopic (exact) mass is 211 g/mol. The van der Waals surface area contributed by atoms with Crippen molar-refractivity contribution in [3.05, 3.63) is 48.2 Å². The molecule has 0 saturated carbocycles. The number of halogens is 3. The SMILES string of the molecule is FC(F)(F)c1cccc(-c2[c]cco2)c1. The zero-order valence-corrected chi connectivity index (χ0v) is 7.51. The van der Waals surface area contributed by atoms with E-state index in [-0.39, 0.29) is 0 Å². The van der Waals surface area contributed by atoms with E-state index in [2.05, 4.69) is 6.07 Å². The predicted molar refractivity (Wildman–Crippen MR) is 48.0 cm³/mol. The third kappa shape index (κ3) is 2.03. The van der Waals surface area contributed by atoms with Gasteiger partial charge in [-0.15, -0.1) is 0 Å². The molecule has 0 aliphatic heterocycles. The maximum atomic E-state index is 12.4. The average Bonchev–Trinajstić information content (AvgIpc) is 2.69. The van der Waals surface area contributed by atoms with Crippen LogP contribution in [0.15, 0.2) is 41.0 Å². The molecule has 77 valence electrons. The molecular weight excluding hydrogens is 205 g/mol. The highest BCUT2D eigenvalue weighted by atomic mass is 19.4. The van der Waals surface area contributed by atoms with Crippen LogP contribution in [0.3, 0.4) is 0 Å². The first-order valence-corrected chi connectivity index (χ1v) is 4.20. The fourth-order valence-electron chi connectivity index (χ4n) is 1.23. The van der Waals surface area contributed by atoms with E-state index in [1.165, 1.54) is 18.4 Å². The van der Waals surface area contributed by atoms with Crippen LogP contribution in [-0.2, 0) is 6.18 Å². The molecule has 1 radical (unpaired) electrons. The molecule has 15 heavy (non-hydrogen) atoms. The normalized spacial score (nSPS) is 11.7. The number of hydrogen-bond acceptors (Lipinski definition) is 1. The molecular formula is C11H6F3O. The third-order valence-corrected chi connectivity index (χ3v) is 1.92. The zero-order chi connectivity index (χ0) is 10.9. The van der Waals surface area contributed by atoms with Gasteiger partial charge in [-0.25, -0.2) is 0 Å². The van der Waals surface area contributed by atoms with Crippen LogP contribution < -0.4 is 0 Å². The second-order valence-electron chi connectivity index (χ2n) is 2.97. The molecule has 2 aromatic rings. The number of alkyl halides is 3. The van der Waals surface area contributed by atoms with Gasteiger partial charge in [0.1, 0.15) is 5.76 Å². The first-order valence-electron chi connectivity index (χ1n) is 4.20. The van der Waals surface area contributed by atoms with Gasteiger partial charge in [0.2, 0.25) is 0 Å².